The smallest absolute Gasteiger partial charge is 0.411 e. The molecule has 2 atom stereocenters. The number of fused-ring (bicyclic) bond motifs is 3. The van der Waals surface area contributed by atoms with E-state index in [4.69, 9.17) is 10.00 Å². The molecule has 37 heavy (non-hydrogen) atoms. The average molecular weight is 510 g/mol. The Morgan fingerprint density at radius 2 is 1.78 bits per heavy atom. The summed E-state index contributed by atoms with van der Waals surface area (Å²) in [6.07, 6.45) is 1.56. The summed E-state index contributed by atoms with van der Waals surface area (Å²) in [5.74, 6) is -0.539. The van der Waals surface area contributed by atoms with Gasteiger partial charge in [-0.25, -0.2) is 9.18 Å². The lowest BCUT2D eigenvalue weighted by atomic mass is 9.56. The third-order valence-corrected chi connectivity index (χ3v) is 8.22. The molecule has 0 unspecified atom stereocenters. The van der Waals surface area contributed by atoms with Crippen LogP contribution in [0.2, 0.25) is 0 Å². The van der Waals surface area contributed by atoms with Crippen molar-refractivity contribution in [1.82, 2.24) is 15.1 Å². The Morgan fingerprint density at radius 1 is 1.11 bits per heavy atom. The molecule has 1 N–H and O–H groups in total. The van der Waals surface area contributed by atoms with Crippen molar-refractivity contribution in [2.24, 2.45) is 5.41 Å². The minimum absolute atomic E-state index is 0.0325. The molecule has 0 aromatic heterocycles. The Hall–Kier alpha value is -3.66. The Morgan fingerprint density at radius 3 is 2.41 bits per heavy atom. The second kappa shape index (κ2) is 11.2. The number of nitriles is 2. The fourth-order valence-electron chi connectivity index (χ4n) is 5.96. The Kier molecular flexibility index (Phi) is 7.97. The number of hydrogen-bond donors (Lipinski definition) is 1. The molecule has 10 heteroatoms. The molecule has 0 radical (unpaired) electrons. The van der Waals surface area contributed by atoms with Crippen LogP contribution in [0, 0.1) is 28.1 Å². The molecule has 0 spiro atoms. The van der Waals surface area contributed by atoms with Gasteiger partial charge in [0.25, 0.3) is 0 Å². The van der Waals surface area contributed by atoms with E-state index in [9.17, 15) is 24.0 Å². The zero-order valence-corrected chi connectivity index (χ0v) is 20.8. The van der Waals surface area contributed by atoms with Gasteiger partial charge < -0.3 is 15.0 Å². The Balaban J connectivity index is 1.50. The van der Waals surface area contributed by atoms with Gasteiger partial charge in [0.05, 0.1) is 25.1 Å². The number of hydrogen-bond acceptors (Lipinski definition) is 6. The number of carbonyl (C=O) groups is 3. The van der Waals surface area contributed by atoms with Crippen LogP contribution in [-0.4, -0.2) is 65.1 Å². The molecule has 4 aliphatic rings. The van der Waals surface area contributed by atoms with Crippen molar-refractivity contribution in [2.75, 3.05) is 19.6 Å². The van der Waals surface area contributed by atoms with Gasteiger partial charge in [-0.05, 0) is 44.1 Å². The summed E-state index contributed by atoms with van der Waals surface area (Å²) in [6, 6.07) is 12.4. The molecule has 3 aliphatic carbocycles. The van der Waals surface area contributed by atoms with Crippen LogP contribution >= 0.6 is 0 Å². The van der Waals surface area contributed by atoms with Gasteiger partial charge in [0, 0.05) is 23.9 Å². The molecule has 4 fully saturated rings. The average Bonchev–Trinajstić information content (AvgIpc) is 3.32. The lowest BCUT2D eigenvalue weighted by Gasteiger charge is -2.56. The van der Waals surface area contributed by atoms with Crippen LogP contribution < -0.4 is 5.32 Å². The van der Waals surface area contributed by atoms with E-state index in [1.54, 1.807) is 0 Å². The minimum atomic E-state index is -1.27. The van der Waals surface area contributed by atoms with Gasteiger partial charge in [0.15, 0.2) is 0 Å². The molecular formula is C27H32FN5O4. The van der Waals surface area contributed by atoms with Crippen LogP contribution in [-0.2, 0) is 20.9 Å². The van der Waals surface area contributed by atoms with E-state index in [1.165, 1.54) is 9.80 Å². The number of carbonyl (C=O) groups excluding carboxylic acids is 3. The van der Waals surface area contributed by atoms with E-state index in [0.29, 0.717) is 45.1 Å². The predicted molar refractivity (Wildman–Crippen MR) is 130 cm³/mol. The molecule has 1 saturated heterocycles. The first-order chi connectivity index (χ1) is 17.8. The molecule has 9 nitrogen and oxygen atoms in total. The maximum absolute atomic E-state index is 14.0. The van der Waals surface area contributed by atoms with Crippen molar-refractivity contribution >= 4 is 17.9 Å². The van der Waals surface area contributed by atoms with Gasteiger partial charge in [-0.2, -0.15) is 10.5 Å². The van der Waals surface area contributed by atoms with Crippen molar-refractivity contribution in [2.45, 2.75) is 75.7 Å². The highest BCUT2D eigenvalue weighted by Crippen LogP contribution is 2.55. The summed E-state index contributed by atoms with van der Waals surface area (Å²) in [5, 5.41) is 21.0. The summed E-state index contributed by atoms with van der Waals surface area (Å²) >= 11 is 0. The highest BCUT2D eigenvalue weighted by Gasteiger charge is 2.56. The normalized spacial score (nSPS) is 28.1. The van der Waals surface area contributed by atoms with Crippen LogP contribution in [0.15, 0.2) is 30.3 Å². The van der Waals surface area contributed by atoms with Gasteiger partial charge in [-0.3, -0.25) is 14.5 Å². The lowest BCUT2D eigenvalue weighted by Crippen LogP contribution is -2.63. The predicted octanol–water partition coefficient (Wildman–Crippen LogP) is 3.21. The number of halogens is 1. The van der Waals surface area contributed by atoms with Crippen LogP contribution in [0.3, 0.4) is 0 Å². The van der Waals surface area contributed by atoms with E-state index in [-0.39, 0.29) is 38.4 Å². The van der Waals surface area contributed by atoms with Crippen LogP contribution in [0.1, 0.15) is 56.9 Å². The molecule has 3 amide bonds. The molecule has 1 aromatic rings. The number of ether oxygens (including phenoxy) is 1. The SMILES string of the molecule is N#CCCNC(=O)C12CCC(N(CC(=O)N3C[C@@H](F)C[C@H]3C#N)C(=O)OCc3ccccc3)(CC1)CC2. The topological polar surface area (TPSA) is 127 Å². The van der Waals surface area contributed by atoms with E-state index in [1.807, 2.05) is 42.5 Å². The van der Waals surface area contributed by atoms with E-state index in [2.05, 4.69) is 5.32 Å². The van der Waals surface area contributed by atoms with Gasteiger partial charge in [0.1, 0.15) is 25.4 Å². The second-order valence-electron chi connectivity index (χ2n) is 10.3. The largest absolute Gasteiger partial charge is 0.445 e. The third-order valence-electron chi connectivity index (χ3n) is 8.22. The first-order valence-electron chi connectivity index (χ1n) is 12.8. The number of likely N-dealkylation sites (tertiary alicyclic amines) is 1. The van der Waals surface area contributed by atoms with Gasteiger partial charge in [-0.15, -0.1) is 0 Å². The summed E-state index contributed by atoms with van der Waals surface area (Å²) in [5.41, 5.74) is -0.387. The van der Waals surface area contributed by atoms with Crippen molar-refractivity contribution in [1.29, 1.82) is 10.5 Å². The molecular weight excluding hydrogens is 477 g/mol. The number of benzene rings is 1. The summed E-state index contributed by atoms with van der Waals surface area (Å²) in [7, 11) is 0. The second-order valence-corrected chi connectivity index (χ2v) is 10.3. The van der Waals surface area contributed by atoms with Crippen molar-refractivity contribution in [3.63, 3.8) is 0 Å². The summed E-state index contributed by atoms with van der Waals surface area (Å²) in [6.45, 7) is -0.119. The quantitative estimate of drug-likeness (QED) is 0.536. The number of nitrogens with one attached hydrogen (secondary N) is 1. The maximum Gasteiger partial charge on any atom is 0.411 e. The van der Waals surface area contributed by atoms with Crippen molar-refractivity contribution < 1.29 is 23.5 Å². The van der Waals surface area contributed by atoms with Crippen LogP contribution in [0.25, 0.3) is 0 Å². The van der Waals surface area contributed by atoms with Gasteiger partial charge >= 0.3 is 6.09 Å². The zero-order valence-electron chi connectivity index (χ0n) is 20.8. The first kappa shape index (κ1) is 26.4. The Labute approximate surface area is 216 Å². The number of rotatable bonds is 8. The fraction of sp³-hybridized carbons (Fsp3) is 0.593. The highest BCUT2D eigenvalue weighted by molar-refractivity contribution is 5.85. The number of alkyl halides is 1. The molecule has 1 aliphatic heterocycles. The van der Waals surface area contributed by atoms with Gasteiger partial charge in [0.2, 0.25) is 11.8 Å². The number of amides is 3. The standard InChI is InChI=1S/C27H32FN5O4/c28-21-15-22(16-30)32(17-21)23(34)18-33(25(36)37-19-20-5-2-1-3-6-20)27-10-7-26(8-11-27,9-12-27)24(35)31-14-4-13-29/h1-3,5-6,21-22H,4,7-12,14-15,17-19H2,(H,31,35)/t21-,22-,26?,27?/m0/s1. The zero-order chi connectivity index (χ0) is 26.5. The summed E-state index contributed by atoms with van der Waals surface area (Å²) < 4.78 is 19.6. The number of nitrogens with zero attached hydrogens (tertiary/aromatic N) is 4. The van der Waals surface area contributed by atoms with Crippen LogP contribution in [0.5, 0.6) is 0 Å². The maximum atomic E-state index is 14.0. The molecule has 196 valence electrons. The molecule has 1 aromatic carbocycles. The molecule has 2 bridgehead atoms. The lowest BCUT2D eigenvalue weighted by molar-refractivity contribution is -0.145. The van der Waals surface area contributed by atoms with Crippen LogP contribution in [0.4, 0.5) is 9.18 Å². The van der Waals surface area contributed by atoms with Gasteiger partial charge in [-0.1, -0.05) is 30.3 Å². The monoisotopic (exact) mass is 509 g/mol. The minimum Gasteiger partial charge on any atom is -0.445 e. The third kappa shape index (κ3) is 5.53. The molecule has 5 rings (SSSR count). The van der Waals surface area contributed by atoms with Crippen molar-refractivity contribution in [3.8, 4) is 12.1 Å². The summed E-state index contributed by atoms with van der Waals surface area (Å²) in [4.78, 5) is 42.3. The van der Waals surface area contributed by atoms with E-state index in [0.717, 1.165) is 5.56 Å². The highest BCUT2D eigenvalue weighted by atomic mass is 19.1. The van der Waals surface area contributed by atoms with E-state index < -0.39 is 35.2 Å². The molecule has 3 saturated carbocycles. The molecule has 1 heterocycles. The first-order valence-corrected chi connectivity index (χ1v) is 12.8. The Bertz CT molecular complexity index is 1070. The van der Waals surface area contributed by atoms with E-state index >= 15 is 0 Å². The van der Waals surface area contributed by atoms with Crippen molar-refractivity contribution in [3.05, 3.63) is 35.9 Å². The fourth-order valence-corrected chi connectivity index (χ4v) is 5.96.